The second-order valence-corrected chi connectivity index (χ2v) is 7.53. The van der Waals surface area contributed by atoms with Gasteiger partial charge in [-0.15, -0.1) is 0 Å². The molecule has 0 unspecified atom stereocenters. The molecule has 1 fully saturated rings. The Morgan fingerprint density at radius 1 is 0.967 bits per heavy atom. The van der Waals surface area contributed by atoms with Gasteiger partial charge in [-0.3, -0.25) is 24.1 Å². The first-order chi connectivity index (χ1) is 14.5. The summed E-state index contributed by atoms with van der Waals surface area (Å²) in [7, 11) is 0. The molecule has 1 saturated heterocycles. The molecule has 2 aliphatic rings. The monoisotopic (exact) mass is 405 g/mol. The van der Waals surface area contributed by atoms with Gasteiger partial charge in [0, 0.05) is 43.7 Å². The molecule has 0 radical (unpaired) electrons. The van der Waals surface area contributed by atoms with E-state index >= 15 is 0 Å². The fraction of sp³-hybridized carbons (Fsp3) is 0.304. The fourth-order valence-corrected chi connectivity index (χ4v) is 3.84. The van der Waals surface area contributed by atoms with Crippen LogP contribution in [-0.4, -0.2) is 41.6 Å². The topological polar surface area (TPSA) is 86.8 Å². The van der Waals surface area contributed by atoms with Gasteiger partial charge in [-0.1, -0.05) is 30.3 Å². The molecule has 0 aliphatic carbocycles. The molecule has 4 rings (SSSR count). The van der Waals surface area contributed by atoms with Crippen LogP contribution >= 0.6 is 0 Å². The number of anilines is 1. The van der Waals surface area contributed by atoms with Crippen molar-refractivity contribution in [2.45, 2.75) is 32.2 Å². The van der Waals surface area contributed by atoms with Gasteiger partial charge in [0.05, 0.1) is 6.42 Å². The van der Waals surface area contributed by atoms with Crippen LogP contribution < -0.4 is 10.2 Å². The molecule has 30 heavy (non-hydrogen) atoms. The quantitative estimate of drug-likeness (QED) is 0.745. The fourth-order valence-electron chi connectivity index (χ4n) is 3.84. The highest BCUT2D eigenvalue weighted by atomic mass is 16.2. The number of carbonyl (C=O) groups is 4. The van der Waals surface area contributed by atoms with E-state index < -0.39 is 0 Å². The van der Waals surface area contributed by atoms with Crippen molar-refractivity contribution in [1.29, 1.82) is 0 Å². The lowest BCUT2D eigenvalue weighted by Gasteiger charge is -2.26. The Balaban J connectivity index is 1.28. The molecule has 7 nitrogen and oxygen atoms in total. The summed E-state index contributed by atoms with van der Waals surface area (Å²) in [6, 6.07) is 14.6. The molecule has 154 valence electrons. The van der Waals surface area contributed by atoms with Crippen molar-refractivity contribution in [3.63, 3.8) is 0 Å². The molecule has 1 N–H and O–H groups in total. The van der Waals surface area contributed by atoms with Crippen LogP contribution in [0.3, 0.4) is 0 Å². The van der Waals surface area contributed by atoms with Crippen LogP contribution in [0.25, 0.3) is 0 Å². The van der Waals surface area contributed by atoms with Crippen LogP contribution in [0.1, 0.15) is 40.7 Å². The van der Waals surface area contributed by atoms with Crippen LogP contribution in [0, 0.1) is 0 Å². The molecular weight excluding hydrogens is 382 g/mol. The van der Waals surface area contributed by atoms with Crippen LogP contribution in [0.2, 0.25) is 0 Å². The van der Waals surface area contributed by atoms with Crippen molar-refractivity contribution in [3.8, 4) is 0 Å². The molecule has 2 heterocycles. The summed E-state index contributed by atoms with van der Waals surface area (Å²) in [5.41, 5.74) is 3.04. The molecule has 4 amide bonds. The van der Waals surface area contributed by atoms with E-state index in [2.05, 4.69) is 5.32 Å². The maximum atomic E-state index is 12.5. The number of rotatable bonds is 6. The minimum absolute atomic E-state index is 0.0556. The summed E-state index contributed by atoms with van der Waals surface area (Å²) in [6.45, 7) is 1.15. The third kappa shape index (κ3) is 4.10. The van der Waals surface area contributed by atoms with Crippen molar-refractivity contribution in [3.05, 3.63) is 65.2 Å². The number of amides is 4. The number of hydrogen-bond donors (Lipinski definition) is 1. The lowest BCUT2D eigenvalue weighted by molar-refractivity contribution is -0.129. The van der Waals surface area contributed by atoms with E-state index in [9.17, 15) is 19.2 Å². The normalized spacial score (nSPS) is 16.1. The number of nitrogens with one attached hydrogen (secondary N) is 1. The first-order valence-corrected chi connectivity index (χ1v) is 10.1. The van der Waals surface area contributed by atoms with E-state index in [1.165, 1.54) is 0 Å². The average Bonchev–Trinajstić information content (AvgIpc) is 3.18. The Hall–Kier alpha value is -3.48. The highest BCUT2D eigenvalue weighted by Crippen LogP contribution is 2.22. The smallest absolute Gasteiger partial charge is 0.260 e. The standard InChI is InChI=1S/C23H23N3O4/c27-20(11-13-26-22(29)14-17-4-1-2-5-19(17)23(26)30)24-15-16-7-9-18(10-8-16)25-12-3-6-21(25)28/h1-2,4-5,7-10H,3,6,11-15H2,(H,24,27). The first kappa shape index (κ1) is 19.8. The molecule has 0 saturated carbocycles. The van der Waals surface area contributed by atoms with Gasteiger partial charge in [0.25, 0.3) is 5.91 Å². The lowest BCUT2D eigenvalue weighted by atomic mass is 9.98. The highest BCUT2D eigenvalue weighted by Gasteiger charge is 2.30. The summed E-state index contributed by atoms with van der Waals surface area (Å²) in [6.07, 6.45) is 1.70. The molecule has 2 aliphatic heterocycles. The Kier molecular flexibility index (Phi) is 5.61. The highest BCUT2D eigenvalue weighted by molar-refractivity contribution is 6.09. The Morgan fingerprint density at radius 2 is 1.73 bits per heavy atom. The molecule has 2 aromatic rings. The average molecular weight is 405 g/mol. The van der Waals surface area contributed by atoms with Crippen molar-refractivity contribution in [2.75, 3.05) is 18.0 Å². The number of fused-ring (bicyclic) bond motifs is 1. The molecular formula is C23H23N3O4. The van der Waals surface area contributed by atoms with Crippen LogP contribution in [0.4, 0.5) is 5.69 Å². The second-order valence-electron chi connectivity index (χ2n) is 7.53. The second kappa shape index (κ2) is 8.49. The largest absolute Gasteiger partial charge is 0.352 e. The molecule has 0 atom stereocenters. The number of hydrogen-bond acceptors (Lipinski definition) is 4. The predicted octanol–water partition coefficient (Wildman–Crippen LogP) is 2.04. The van der Waals surface area contributed by atoms with Crippen LogP contribution in [0.15, 0.2) is 48.5 Å². The van der Waals surface area contributed by atoms with Crippen LogP contribution in [-0.2, 0) is 27.3 Å². The number of imide groups is 1. The summed E-state index contributed by atoms with van der Waals surface area (Å²) in [5, 5.41) is 2.82. The first-order valence-electron chi connectivity index (χ1n) is 10.1. The zero-order chi connectivity index (χ0) is 21.1. The van der Waals surface area contributed by atoms with Crippen molar-refractivity contribution >= 4 is 29.3 Å². The van der Waals surface area contributed by atoms with E-state index in [4.69, 9.17) is 0 Å². The SMILES string of the molecule is O=C(CCN1C(=O)Cc2ccccc2C1=O)NCc1ccc(N2CCCC2=O)cc1. The summed E-state index contributed by atoms with van der Waals surface area (Å²) in [5.74, 6) is -0.714. The number of nitrogens with zero attached hydrogens (tertiary/aromatic N) is 2. The minimum Gasteiger partial charge on any atom is -0.352 e. The van der Waals surface area contributed by atoms with Crippen molar-refractivity contribution in [1.82, 2.24) is 10.2 Å². The number of carbonyl (C=O) groups excluding carboxylic acids is 4. The van der Waals surface area contributed by atoms with Gasteiger partial charge in [-0.05, 0) is 35.7 Å². The van der Waals surface area contributed by atoms with E-state index in [0.717, 1.165) is 34.7 Å². The van der Waals surface area contributed by atoms with E-state index in [1.807, 2.05) is 24.3 Å². The summed E-state index contributed by atoms with van der Waals surface area (Å²) in [4.78, 5) is 51.8. The summed E-state index contributed by atoms with van der Waals surface area (Å²) < 4.78 is 0. The third-order valence-electron chi connectivity index (χ3n) is 5.51. The van der Waals surface area contributed by atoms with Gasteiger partial charge in [0.15, 0.2) is 0 Å². The Bertz CT molecular complexity index is 1000. The van der Waals surface area contributed by atoms with Gasteiger partial charge < -0.3 is 10.2 Å². The van der Waals surface area contributed by atoms with E-state index in [-0.39, 0.29) is 43.0 Å². The van der Waals surface area contributed by atoms with Crippen LogP contribution in [0.5, 0.6) is 0 Å². The molecule has 0 spiro atoms. The van der Waals surface area contributed by atoms with Gasteiger partial charge in [0.2, 0.25) is 17.7 Å². The van der Waals surface area contributed by atoms with E-state index in [1.54, 1.807) is 29.2 Å². The molecule has 0 bridgehead atoms. The van der Waals surface area contributed by atoms with Gasteiger partial charge >= 0.3 is 0 Å². The minimum atomic E-state index is -0.346. The van der Waals surface area contributed by atoms with Gasteiger partial charge in [-0.25, -0.2) is 0 Å². The van der Waals surface area contributed by atoms with Gasteiger partial charge in [-0.2, -0.15) is 0 Å². The zero-order valence-corrected chi connectivity index (χ0v) is 16.6. The lowest BCUT2D eigenvalue weighted by Crippen LogP contribution is -2.44. The summed E-state index contributed by atoms with van der Waals surface area (Å²) >= 11 is 0. The third-order valence-corrected chi connectivity index (χ3v) is 5.51. The van der Waals surface area contributed by atoms with Crippen molar-refractivity contribution in [2.24, 2.45) is 0 Å². The van der Waals surface area contributed by atoms with Crippen molar-refractivity contribution < 1.29 is 19.2 Å². The van der Waals surface area contributed by atoms with Gasteiger partial charge in [0.1, 0.15) is 0 Å². The predicted molar refractivity (Wildman–Crippen MR) is 111 cm³/mol. The molecule has 7 heteroatoms. The zero-order valence-electron chi connectivity index (χ0n) is 16.6. The maximum absolute atomic E-state index is 12.5. The maximum Gasteiger partial charge on any atom is 0.260 e. The van der Waals surface area contributed by atoms with E-state index in [0.29, 0.717) is 18.5 Å². The number of benzene rings is 2. The Labute approximate surface area is 174 Å². The molecule has 0 aromatic heterocycles. The molecule has 2 aromatic carbocycles. The Morgan fingerprint density at radius 3 is 2.47 bits per heavy atom.